The SMILES string of the molecule is C[C@H](Sc1nccn1C)C(=O)Nc1nc2ccccc2s1. The van der Waals surface area contributed by atoms with Crippen LogP contribution in [0.25, 0.3) is 10.2 Å². The van der Waals surface area contributed by atoms with E-state index in [4.69, 9.17) is 0 Å². The van der Waals surface area contributed by atoms with Crippen LogP contribution in [0.3, 0.4) is 0 Å². The minimum absolute atomic E-state index is 0.0675. The second kappa shape index (κ2) is 5.87. The Balaban J connectivity index is 1.69. The number of nitrogens with zero attached hydrogens (tertiary/aromatic N) is 3. The Morgan fingerprint density at radius 3 is 2.95 bits per heavy atom. The van der Waals surface area contributed by atoms with Crippen LogP contribution in [0.5, 0.6) is 0 Å². The fourth-order valence-electron chi connectivity index (χ4n) is 1.81. The molecule has 0 radical (unpaired) electrons. The van der Waals surface area contributed by atoms with Gasteiger partial charge in [0.25, 0.3) is 0 Å². The van der Waals surface area contributed by atoms with Crippen molar-refractivity contribution in [3.8, 4) is 0 Å². The van der Waals surface area contributed by atoms with Crippen LogP contribution in [0.4, 0.5) is 5.13 Å². The monoisotopic (exact) mass is 318 g/mol. The molecule has 108 valence electrons. The second-order valence-corrected chi connectivity index (χ2v) is 6.90. The molecule has 21 heavy (non-hydrogen) atoms. The molecule has 1 aromatic carbocycles. The van der Waals surface area contributed by atoms with Crippen LogP contribution in [0.15, 0.2) is 41.8 Å². The van der Waals surface area contributed by atoms with Gasteiger partial charge in [0.2, 0.25) is 5.91 Å². The number of anilines is 1. The molecule has 1 amide bonds. The highest BCUT2D eigenvalue weighted by atomic mass is 32.2. The smallest absolute Gasteiger partial charge is 0.239 e. The first-order valence-electron chi connectivity index (χ1n) is 6.44. The van der Waals surface area contributed by atoms with Gasteiger partial charge in [-0.1, -0.05) is 35.2 Å². The van der Waals surface area contributed by atoms with Gasteiger partial charge in [-0.25, -0.2) is 9.97 Å². The van der Waals surface area contributed by atoms with Gasteiger partial charge in [0.1, 0.15) is 0 Å². The molecule has 0 unspecified atom stereocenters. The van der Waals surface area contributed by atoms with E-state index >= 15 is 0 Å². The van der Waals surface area contributed by atoms with Crippen molar-refractivity contribution < 1.29 is 4.79 Å². The Hall–Kier alpha value is -1.86. The summed E-state index contributed by atoms with van der Waals surface area (Å²) in [6.07, 6.45) is 3.58. The minimum Gasteiger partial charge on any atom is -0.329 e. The molecular weight excluding hydrogens is 304 g/mol. The summed E-state index contributed by atoms with van der Waals surface area (Å²) in [6, 6.07) is 7.83. The molecule has 1 atom stereocenters. The Labute approximate surface area is 130 Å². The lowest BCUT2D eigenvalue weighted by molar-refractivity contribution is -0.115. The summed E-state index contributed by atoms with van der Waals surface area (Å²) in [5, 5.41) is 4.09. The van der Waals surface area contributed by atoms with E-state index < -0.39 is 0 Å². The predicted octanol–water partition coefficient (Wildman–Crippen LogP) is 3.15. The third kappa shape index (κ3) is 3.08. The van der Waals surface area contributed by atoms with Crippen LogP contribution >= 0.6 is 23.1 Å². The molecule has 0 spiro atoms. The quantitative estimate of drug-likeness (QED) is 0.751. The van der Waals surface area contributed by atoms with E-state index in [1.807, 2.05) is 49.0 Å². The van der Waals surface area contributed by atoms with Gasteiger partial charge in [-0.3, -0.25) is 4.79 Å². The highest BCUT2D eigenvalue weighted by Gasteiger charge is 2.18. The maximum absolute atomic E-state index is 12.2. The second-order valence-electron chi connectivity index (χ2n) is 4.56. The lowest BCUT2D eigenvalue weighted by Crippen LogP contribution is -2.22. The van der Waals surface area contributed by atoms with Gasteiger partial charge in [-0.05, 0) is 19.1 Å². The number of thioether (sulfide) groups is 1. The lowest BCUT2D eigenvalue weighted by Gasteiger charge is -2.09. The number of aromatic nitrogens is 3. The zero-order valence-electron chi connectivity index (χ0n) is 11.6. The van der Waals surface area contributed by atoms with Crippen LogP contribution in [0.1, 0.15) is 6.92 Å². The number of carbonyl (C=O) groups excluding carboxylic acids is 1. The first kappa shape index (κ1) is 14.1. The van der Waals surface area contributed by atoms with E-state index in [1.54, 1.807) is 6.20 Å². The Kier molecular flexibility index (Phi) is 3.94. The summed E-state index contributed by atoms with van der Waals surface area (Å²) >= 11 is 2.91. The molecule has 0 aliphatic rings. The van der Waals surface area contributed by atoms with Crippen LogP contribution in [-0.4, -0.2) is 25.7 Å². The number of thiazole rings is 1. The number of amides is 1. The summed E-state index contributed by atoms with van der Waals surface area (Å²) in [6.45, 7) is 1.86. The zero-order valence-corrected chi connectivity index (χ0v) is 13.2. The number of hydrogen-bond donors (Lipinski definition) is 1. The van der Waals surface area contributed by atoms with Crippen molar-refractivity contribution in [1.29, 1.82) is 0 Å². The number of nitrogens with one attached hydrogen (secondary N) is 1. The highest BCUT2D eigenvalue weighted by Crippen LogP contribution is 2.27. The van der Waals surface area contributed by atoms with E-state index in [-0.39, 0.29) is 11.2 Å². The molecule has 0 fully saturated rings. The molecular formula is C14H14N4OS2. The van der Waals surface area contributed by atoms with Gasteiger partial charge in [0.05, 0.1) is 15.5 Å². The Morgan fingerprint density at radius 1 is 1.43 bits per heavy atom. The molecule has 5 nitrogen and oxygen atoms in total. The maximum atomic E-state index is 12.2. The summed E-state index contributed by atoms with van der Waals surface area (Å²) in [5.41, 5.74) is 0.905. The van der Waals surface area contributed by atoms with Crippen molar-refractivity contribution in [3.05, 3.63) is 36.7 Å². The Morgan fingerprint density at radius 2 is 2.24 bits per heavy atom. The average Bonchev–Trinajstić information content (AvgIpc) is 3.04. The number of carbonyl (C=O) groups is 1. The van der Waals surface area contributed by atoms with Crippen LogP contribution < -0.4 is 5.32 Å². The van der Waals surface area contributed by atoms with Gasteiger partial charge in [-0.2, -0.15) is 0 Å². The molecule has 7 heteroatoms. The largest absolute Gasteiger partial charge is 0.329 e. The molecule has 2 heterocycles. The predicted molar refractivity (Wildman–Crippen MR) is 86.8 cm³/mol. The van der Waals surface area contributed by atoms with Crippen molar-refractivity contribution in [3.63, 3.8) is 0 Å². The molecule has 0 bridgehead atoms. The summed E-state index contributed by atoms with van der Waals surface area (Å²) in [5.74, 6) is -0.0675. The van der Waals surface area contributed by atoms with E-state index in [9.17, 15) is 4.79 Å². The standard InChI is InChI=1S/C14H14N4OS2/c1-9(20-14-15-7-8-18(14)2)12(19)17-13-16-10-5-3-4-6-11(10)21-13/h3-9H,1-2H3,(H,16,17,19)/t9-/m0/s1. The van der Waals surface area contributed by atoms with Crippen molar-refractivity contribution in [2.24, 2.45) is 7.05 Å². The van der Waals surface area contributed by atoms with Crippen LogP contribution in [0, 0.1) is 0 Å². The molecule has 0 aliphatic carbocycles. The number of benzene rings is 1. The van der Waals surface area contributed by atoms with E-state index in [0.29, 0.717) is 5.13 Å². The first-order valence-corrected chi connectivity index (χ1v) is 8.13. The zero-order chi connectivity index (χ0) is 14.8. The summed E-state index contributed by atoms with van der Waals surface area (Å²) < 4.78 is 2.96. The molecule has 0 saturated heterocycles. The van der Waals surface area contributed by atoms with Gasteiger partial charge in [0.15, 0.2) is 10.3 Å². The molecule has 3 aromatic rings. The minimum atomic E-state index is -0.238. The van der Waals surface area contributed by atoms with Crippen molar-refractivity contribution >= 4 is 44.4 Å². The molecule has 3 rings (SSSR count). The fraction of sp³-hybridized carbons (Fsp3) is 0.214. The van der Waals surface area contributed by atoms with Gasteiger partial charge < -0.3 is 9.88 Å². The van der Waals surface area contributed by atoms with Gasteiger partial charge >= 0.3 is 0 Å². The molecule has 0 saturated carbocycles. The molecule has 0 aliphatic heterocycles. The van der Waals surface area contributed by atoms with Crippen molar-refractivity contribution in [2.75, 3.05) is 5.32 Å². The molecule has 1 N–H and O–H groups in total. The topological polar surface area (TPSA) is 59.8 Å². The van der Waals surface area contributed by atoms with Gasteiger partial charge in [-0.15, -0.1) is 0 Å². The Bertz CT molecular complexity index is 747. The van der Waals surface area contributed by atoms with Crippen LogP contribution in [-0.2, 0) is 11.8 Å². The molecule has 2 aromatic heterocycles. The van der Waals surface area contributed by atoms with Crippen molar-refractivity contribution in [2.45, 2.75) is 17.3 Å². The fourth-order valence-corrected chi connectivity index (χ4v) is 3.51. The van der Waals surface area contributed by atoms with E-state index in [1.165, 1.54) is 23.1 Å². The van der Waals surface area contributed by atoms with E-state index in [0.717, 1.165) is 15.4 Å². The maximum Gasteiger partial charge on any atom is 0.239 e. The third-order valence-corrected chi connectivity index (χ3v) is 5.08. The number of imidazole rings is 1. The van der Waals surface area contributed by atoms with E-state index in [2.05, 4.69) is 15.3 Å². The van der Waals surface area contributed by atoms with Crippen molar-refractivity contribution in [1.82, 2.24) is 14.5 Å². The lowest BCUT2D eigenvalue weighted by atomic mass is 10.3. The highest BCUT2D eigenvalue weighted by molar-refractivity contribution is 8.00. The normalized spacial score (nSPS) is 12.5. The van der Waals surface area contributed by atoms with Crippen LogP contribution in [0.2, 0.25) is 0 Å². The third-order valence-electron chi connectivity index (χ3n) is 2.95. The first-order chi connectivity index (χ1) is 10.1. The number of para-hydroxylation sites is 1. The number of hydrogen-bond acceptors (Lipinski definition) is 5. The summed E-state index contributed by atoms with van der Waals surface area (Å²) in [7, 11) is 1.91. The van der Waals surface area contributed by atoms with Gasteiger partial charge in [0, 0.05) is 19.4 Å². The number of aryl methyl sites for hydroxylation is 1. The number of fused-ring (bicyclic) bond motifs is 1. The average molecular weight is 318 g/mol. The number of rotatable bonds is 4. The summed E-state index contributed by atoms with van der Waals surface area (Å²) in [4.78, 5) is 20.8.